The summed E-state index contributed by atoms with van der Waals surface area (Å²) in [6, 6.07) is 0. The number of carbonyl (C=O) groups excluding carboxylic acids is 3. The number of Topliss-reactive ketones (excluding diaryl/α,β-unsaturated/α-hetero) is 1. The van der Waals surface area contributed by atoms with Crippen LogP contribution in [-0.4, -0.2) is 35.4 Å². The van der Waals surface area contributed by atoms with E-state index < -0.39 is 6.61 Å². The standard InChI is InChI=1S/C23H32O5/c1-13(25)28-20-11-23(3)17(6-7-18(23)19(27)12-24)16-5-4-14-10-15(26)8-9-22(14,2)21(16)20/h10,16-18,20-21,24H,4-9,11-12H2,1-3H3/t16-,17-,18+,20-,21+,22-,23-/m0/s1. The summed E-state index contributed by atoms with van der Waals surface area (Å²) in [5, 5.41) is 9.49. The summed E-state index contributed by atoms with van der Waals surface area (Å²) in [7, 11) is 0. The summed E-state index contributed by atoms with van der Waals surface area (Å²) < 4.78 is 5.91. The van der Waals surface area contributed by atoms with Gasteiger partial charge in [0.2, 0.25) is 0 Å². The molecular weight excluding hydrogens is 356 g/mol. The van der Waals surface area contributed by atoms with Crippen LogP contribution in [0.15, 0.2) is 11.6 Å². The second-order valence-electron chi connectivity index (χ2n) is 10.0. The molecule has 0 aromatic rings. The zero-order chi connectivity index (χ0) is 20.3. The molecule has 0 radical (unpaired) electrons. The van der Waals surface area contributed by atoms with E-state index in [0.29, 0.717) is 24.7 Å². The molecule has 4 aliphatic rings. The molecule has 4 rings (SSSR count). The van der Waals surface area contributed by atoms with E-state index in [2.05, 4.69) is 13.8 Å². The minimum atomic E-state index is -0.411. The van der Waals surface area contributed by atoms with Gasteiger partial charge in [0.05, 0.1) is 0 Å². The Labute approximate surface area is 166 Å². The maximum Gasteiger partial charge on any atom is 0.302 e. The zero-order valence-electron chi connectivity index (χ0n) is 17.2. The number of aliphatic hydroxyl groups is 1. The number of rotatable bonds is 3. The average Bonchev–Trinajstić information content (AvgIpc) is 2.97. The molecule has 3 fully saturated rings. The Kier molecular flexibility index (Phi) is 4.80. The number of hydrogen-bond donors (Lipinski definition) is 1. The summed E-state index contributed by atoms with van der Waals surface area (Å²) in [5.41, 5.74) is 0.882. The Morgan fingerprint density at radius 3 is 2.64 bits per heavy atom. The lowest BCUT2D eigenvalue weighted by Crippen LogP contribution is -2.58. The van der Waals surface area contributed by atoms with Gasteiger partial charge in [0, 0.05) is 25.2 Å². The molecule has 4 aliphatic carbocycles. The van der Waals surface area contributed by atoms with E-state index in [4.69, 9.17) is 4.74 Å². The van der Waals surface area contributed by atoms with Crippen molar-refractivity contribution in [3.63, 3.8) is 0 Å². The van der Waals surface area contributed by atoms with Gasteiger partial charge in [0.1, 0.15) is 12.7 Å². The molecule has 3 saturated carbocycles. The summed E-state index contributed by atoms with van der Waals surface area (Å²) in [6.07, 6.45) is 7.37. The first-order valence-electron chi connectivity index (χ1n) is 10.8. The topological polar surface area (TPSA) is 80.7 Å². The Bertz CT molecular complexity index is 739. The van der Waals surface area contributed by atoms with Gasteiger partial charge in [0.25, 0.3) is 0 Å². The maximum absolute atomic E-state index is 12.5. The predicted octanol–water partition coefficient (Wildman–Crippen LogP) is 3.24. The van der Waals surface area contributed by atoms with Crippen molar-refractivity contribution >= 4 is 17.5 Å². The molecule has 0 spiro atoms. The lowest BCUT2D eigenvalue weighted by molar-refractivity contribution is -0.176. The van der Waals surface area contributed by atoms with E-state index in [9.17, 15) is 19.5 Å². The highest BCUT2D eigenvalue weighted by molar-refractivity contribution is 5.91. The molecule has 154 valence electrons. The van der Waals surface area contributed by atoms with Crippen LogP contribution in [-0.2, 0) is 19.1 Å². The van der Waals surface area contributed by atoms with Crippen LogP contribution in [0.1, 0.15) is 65.7 Å². The normalized spacial score (nSPS) is 44.8. The molecule has 0 heterocycles. The van der Waals surface area contributed by atoms with Crippen LogP contribution in [0.4, 0.5) is 0 Å². The van der Waals surface area contributed by atoms with Crippen molar-refractivity contribution in [2.24, 2.45) is 34.5 Å². The third kappa shape index (κ3) is 2.80. The van der Waals surface area contributed by atoms with Crippen molar-refractivity contribution in [2.45, 2.75) is 71.8 Å². The van der Waals surface area contributed by atoms with Gasteiger partial charge in [-0.05, 0) is 67.3 Å². The van der Waals surface area contributed by atoms with Crippen LogP contribution in [0.25, 0.3) is 0 Å². The molecule has 0 bridgehead atoms. The molecule has 0 amide bonds. The van der Waals surface area contributed by atoms with E-state index in [-0.39, 0.29) is 46.3 Å². The summed E-state index contributed by atoms with van der Waals surface area (Å²) >= 11 is 0. The molecule has 0 aliphatic heterocycles. The van der Waals surface area contributed by atoms with Crippen molar-refractivity contribution in [1.82, 2.24) is 0 Å². The fourth-order valence-corrected chi connectivity index (χ4v) is 7.61. The summed E-state index contributed by atoms with van der Waals surface area (Å²) in [4.78, 5) is 36.5. The molecule has 0 saturated heterocycles. The Hall–Kier alpha value is -1.49. The highest BCUT2D eigenvalue weighted by Crippen LogP contribution is 2.67. The molecule has 7 atom stereocenters. The van der Waals surface area contributed by atoms with Crippen molar-refractivity contribution in [3.05, 3.63) is 11.6 Å². The number of hydrogen-bond acceptors (Lipinski definition) is 5. The minimum Gasteiger partial charge on any atom is -0.462 e. The highest BCUT2D eigenvalue weighted by Gasteiger charge is 2.63. The van der Waals surface area contributed by atoms with Crippen molar-refractivity contribution in [3.8, 4) is 0 Å². The Morgan fingerprint density at radius 1 is 1.21 bits per heavy atom. The quantitative estimate of drug-likeness (QED) is 0.751. The monoisotopic (exact) mass is 388 g/mol. The molecule has 1 N–H and O–H groups in total. The lowest BCUT2D eigenvalue weighted by atomic mass is 9.46. The largest absolute Gasteiger partial charge is 0.462 e. The van der Waals surface area contributed by atoms with Gasteiger partial charge in [0.15, 0.2) is 11.6 Å². The number of carbonyl (C=O) groups is 3. The second kappa shape index (κ2) is 6.79. The second-order valence-corrected chi connectivity index (χ2v) is 10.0. The first kappa shape index (κ1) is 19.8. The number of ether oxygens (including phenoxy) is 1. The molecule has 28 heavy (non-hydrogen) atoms. The van der Waals surface area contributed by atoms with Crippen molar-refractivity contribution in [1.29, 1.82) is 0 Å². The van der Waals surface area contributed by atoms with E-state index in [1.807, 2.05) is 6.08 Å². The number of ketones is 2. The molecular formula is C23H32O5. The first-order chi connectivity index (χ1) is 13.2. The lowest BCUT2D eigenvalue weighted by Gasteiger charge is -2.60. The van der Waals surface area contributed by atoms with Crippen LogP contribution < -0.4 is 0 Å². The van der Waals surface area contributed by atoms with Gasteiger partial charge < -0.3 is 9.84 Å². The highest BCUT2D eigenvalue weighted by atomic mass is 16.5. The average molecular weight is 389 g/mol. The third-order valence-electron chi connectivity index (χ3n) is 8.73. The molecule has 0 unspecified atom stereocenters. The molecule has 0 aromatic heterocycles. The van der Waals surface area contributed by atoms with Crippen molar-refractivity contribution in [2.75, 3.05) is 6.61 Å². The Morgan fingerprint density at radius 2 is 1.96 bits per heavy atom. The fourth-order valence-electron chi connectivity index (χ4n) is 7.61. The van der Waals surface area contributed by atoms with E-state index >= 15 is 0 Å². The van der Waals surface area contributed by atoms with Crippen LogP contribution in [0.2, 0.25) is 0 Å². The van der Waals surface area contributed by atoms with Crippen molar-refractivity contribution < 1.29 is 24.2 Å². The Balaban J connectivity index is 1.76. The van der Waals surface area contributed by atoms with E-state index in [1.165, 1.54) is 12.5 Å². The zero-order valence-corrected chi connectivity index (χ0v) is 17.2. The van der Waals surface area contributed by atoms with E-state index in [0.717, 1.165) is 32.1 Å². The van der Waals surface area contributed by atoms with Crippen LogP contribution in [0, 0.1) is 34.5 Å². The SMILES string of the molecule is CC(=O)O[C@H]1C[C@]2(C)[C@@H](C(=O)CO)CC[C@H]2[C@@H]2CCC3=CC(=O)CC[C@]3(C)[C@H]21. The van der Waals surface area contributed by atoms with Gasteiger partial charge >= 0.3 is 5.97 Å². The van der Waals surface area contributed by atoms with Crippen LogP contribution in [0.5, 0.6) is 0 Å². The maximum atomic E-state index is 12.5. The number of fused-ring (bicyclic) bond motifs is 5. The van der Waals surface area contributed by atoms with Crippen LogP contribution >= 0.6 is 0 Å². The number of allylic oxidation sites excluding steroid dienone is 1. The van der Waals surface area contributed by atoms with Crippen LogP contribution in [0.3, 0.4) is 0 Å². The molecule has 0 aromatic carbocycles. The van der Waals surface area contributed by atoms with Gasteiger partial charge in [-0.25, -0.2) is 0 Å². The third-order valence-corrected chi connectivity index (χ3v) is 8.73. The van der Waals surface area contributed by atoms with Gasteiger partial charge in [-0.3, -0.25) is 14.4 Å². The molecule has 5 nitrogen and oxygen atoms in total. The smallest absolute Gasteiger partial charge is 0.302 e. The van der Waals surface area contributed by atoms with E-state index in [1.54, 1.807) is 0 Å². The minimum absolute atomic E-state index is 0.0732. The van der Waals surface area contributed by atoms with Gasteiger partial charge in [-0.15, -0.1) is 0 Å². The van der Waals surface area contributed by atoms with Gasteiger partial charge in [-0.2, -0.15) is 0 Å². The fraction of sp³-hybridized carbons (Fsp3) is 0.783. The predicted molar refractivity (Wildman–Crippen MR) is 103 cm³/mol. The summed E-state index contributed by atoms with van der Waals surface area (Å²) in [5.74, 6) is 0.696. The molecule has 5 heteroatoms. The summed E-state index contributed by atoms with van der Waals surface area (Å²) in [6.45, 7) is 5.48. The van der Waals surface area contributed by atoms with Gasteiger partial charge in [-0.1, -0.05) is 19.4 Å². The number of esters is 1. The number of aliphatic hydroxyl groups excluding tert-OH is 1. The first-order valence-corrected chi connectivity index (χ1v) is 10.8.